The molecule has 1 aliphatic carbocycles. The number of para-hydroxylation sites is 1. The second-order valence-corrected chi connectivity index (χ2v) is 6.02. The zero-order valence-corrected chi connectivity index (χ0v) is 11.8. The molecule has 1 saturated carbocycles. The van der Waals surface area contributed by atoms with Gasteiger partial charge in [-0.1, -0.05) is 32.0 Å². The number of hydrogen-bond acceptors (Lipinski definition) is 3. The van der Waals surface area contributed by atoms with Crippen LogP contribution in [0.5, 0.6) is 0 Å². The monoisotopic (exact) mass is 284 g/mol. The molecular formula is C16H16N2O3. The van der Waals surface area contributed by atoms with Gasteiger partial charge in [0.15, 0.2) is 0 Å². The topological polar surface area (TPSA) is 79.3 Å². The van der Waals surface area contributed by atoms with E-state index in [2.05, 4.69) is 10.3 Å². The van der Waals surface area contributed by atoms with Crippen LogP contribution in [0.15, 0.2) is 36.5 Å². The smallest absolute Gasteiger partial charge is 0.307 e. The maximum absolute atomic E-state index is 12.2. The van der Waals surface area contributed by atoms with Gasteiger partial charge < -0.3 is 10.4 Å². The van der Waals surface area contributed by atoms with E-state index in [9.17, 15) is 9.59 Å². The number of fused-ring (bicyclic) bond motifs is 1. The number of amides is 1. The van der Waals surface area contributed by atoms with E-state index in [1.165, 1.54) is 0 Å². The third-order valence-electron chi connectivity index (χ3n) is 4.23. The number of carbonyl (C=O) groups excluding carboxylic acids is 1. The van der Waals surface area contributed by atoms with Crippen LogP contribution in [-0.2, 0) is 9.59 Å². The Labute approximate surface area is 122 Å². The molecular weight excluding hydrogens is 268 g/mol. The third-order valence-corrected chi connectivity index (χ3v) is 4.23. The van der Waals surface area contributed by atoms with Crippen LogP contribution in [0.3, 0.4) is 0 Å². The zero-order valence-electron chi connectivity index (χ0n) is 11.8. The number of aromatic nitrogens is 1. The highest BCUT2D eigenvalue weighted by Crippen LogP contribution is 2.58. The molecule has 0 unspecified atom stereocenters. The Kier molecular flexibility index (Phi) is 2.93. The molecule has 1 aliphatic rings. The molecule has 2 aromatic rings. The molecule has 1 fully saturated rings. The van der Waals surface area contributed by atoms with E-state index in [4.69, 9.17) is 5.11 Å². The molecule has 1 aromatic carbocycles. The minimum Gasteiger partial charge on any atom is -0.481 e. The molecule has 0 bridgehead atoms. The Balaban J connectivity index is 1.80. The SMILES string of the molecule is CC1(C)[C@H](C(=O)Nc2cnc3ccccc3c2)[C@@H]1C(=O)O. The molecule has 1 amide bonds. The van der Waals surface area contributed by atoms with Crippen LogP contribution >= 0.6 is 0 Å². The van der Waals surface area contributed by atoms with Gasteiger partial charge in [-0.25, -0.2) is 0 Å². The van der Waals surface area contributed by atoms with Crippen molar-refractivity contribution in [3.8, 4) is 0 Å². The van der Waals surface area contributed by atoms with E-state index in [1.807, 2.05) is 30.3 Å². The Morgan fingerprint density at radius 3 is 2.62 bits per heavy atom. The van der Waals surface area contributed by atoms with Crippen LogP contribution in [-0.4, -0.2) is 22.0 Å². The fourth-order valence-electron chi connectivity index (χ4n) is 2.95. The summed E-state index contributed by atoms with van der Waals surface area (Å²) in [6, 6.07) is 9.45. The second kappa shape index (κ2) is 4.55. The summed E-state index contributed by atoms with van der Waals surface area (Å²) in [5.74, 6) is -2.30. The van der Waals surface area contributed by atoms with Crippen LogP contribution in [0, 0.1) is 17.3 Å². The fraction of sp³-hybridized carbons (Fsp3) is 0.312. The van der Waals surface area contributed by atoms with Crippen molar-refractivity contribution in [3.05, 3.63) is 36.5 Å². The number of carbonyl (C=O) groups is 2. The van der Waals surface area contributed by atoms with Gasteiger partial charge in [0.2, 0.25) is 5.91 Å². The molecule has 1 aromatic heterocycles. The highest BCUT2D eigenvalue weighted by molar-refractivity contribution is 6.00. The van der Waals surface area contributed by atoms with Crippen molar-refractivity contribution >= 4 is 28.5 Å². The largest absolute Gasteiger partial charge is 0.481 e. The molecule has 0 saturated heterocycles. The highest BCUT2D eigenvalue weighted by Gasteiger charge is 2.65. The van der Waals surface area contributed by atoms with Gasteiger partial charge in [-0.15, -0.1) is 0 Å². The number of anilines is 1. The molecule has 2 N–H and O–H groups in total. The standard InChI is InChI=1S/C16H16N2O3/c1-16(2)12(13(16)15(20)21)14(19)18-10-7-9-5-3-4-6-11(9)17-8-10/h3-8,12-13H,1-2H3,(H,18,19)(H,20,21)/t12-,13+/m0/s1. The Hall–Kier alpha value is -2.43. The van der Waals surface area contributed by atoms with Crippen molar-refractivity contribution < 1.29 is 14.7 Å². The third kappa shape index (κ3) is 2.24. The summed E-state index contributed by atoms with van der Waals surface area (Å²) in [6.45, 7) is 3.60. The van der Waals surface area contributed by atoms with Crippen LogP contribution in [0.2, 0.25) is 0 Å². The van der Waals surface area contributed by atoms with Gasteiger partial charge >= 0.3 is 5.97 Å². The predicted molar refractivity (Wildman–Crippen MR) is 78.8 cm³/mol. The minimum absolute atomic E-state index is 0.260. The van der Waals surface area contributed by atoms with E-state index >= 15 is 0 Å². The van der Waals surface area contributed by atoms with E-state index in [0.29, 0.717) is 5.69 Å². The summed E-state index contributed by atoms with van der Waals surface area (Å²) in [7, 11) is 0. The quantitative estimate of drug-likeness (QED) is 0.907. The van der Waals surface area contributed by atoms with Crippen molar-refractivity contribution in [1.29, 1.82) is 0 Å². The lowest BCUT2D eigenvalue weighted by atomic mass is 10.1. The number of rotatable bonds is 3. The van der Waals surface area contributed by atoms with Gasteiger partial charge in [-0.05, 0) is 17.5 Å². The summed E-state index contributed by atoms with van der Waals surface area (Å²) in [5.41, 5.74) is 0.941. The Morgan fingerprint density at radius 2 is 1.95 bits per heavy atom. The van der Waals surface area contributed by atoms with Crippen LogP contribution in [0.25, 0.3) is 10.9 Å². The number of carboxylic acid groups (broad SMARTS) is 1. The summed E-state index contributed by atoms with van der Waals surface area (Å²) < 4.78 is 0. The molecule has 2 atom stereocenters. The molecule has 21 heavy (non-hydrogen) atoms. The first kappa shape index (κ1) is 13.5. The van der Waals surface area contributed by atoms with Crippen molar-refractivity contribution in [2.75, 3.05) is 5.32 Å². The van der Waals surface area contributed by atoms with E-state index in [0.717, 1.165) is 10.9 Å². The normalized spacial score (nSPS) is 22.8. The van der Waals surface area contributed by atoms with Crippen LogP contribution < -0.4 is 5.32 Å². The molecule has 5 heteroatoms. The Bertz CT molecular complexity index is 739. The van der Waals surface area contributed by atoms with Crippen molar-refractivity contribution in [3.63, 3.8) is 0 Å². The molecule has 0 radical (unpaired) electrons. The number of nitrogens with one attached hydrogen (secondary N) is 1. The van der Waals surface area contributed by atoms with Gasteiger partial charge in [-0.2, -0.15) is 0 Å². The first-order valence-electron chi connectivity index (χ1n) is 6.80. The van der Waals surface area contributed by atoms with Crippen LogP contribution in [0.4, 0.5) is 5.69 Å². The van der Waals surface area contributed by atoms with Crippen molar-refractivity contribution in [2.45, 2.75) is 13.8 Å². The second-order valence-electron chi connectivity index (χ2n) is 6.02. The zero-order chi connectivity index (χ0) is 15.2. The Morgan fingerprint density at radius 1 is 1.24 bits per heavy atom. The first-order valence-corrected chi connectivity index (χ1v) is 6.80. The number of aliphatic carboxylic acids is 1. The van der Waals surface area contributed by atoms with Gasteiger partial charge in [0.25, 0.3) is 0 Å². The van der Waals surface area contributed by atoms with Gasteiger partial charge in [0.1, 0.15) is 0 Å². The number of pyridine rings is 1. The molecule has 108 valence electrons. The maximum Gasteiger partial charge on any atom is 0.307 e. The van der Waals surface area contributed by atoms with Gasteiger partial charge in [0.05, 0.1) is 29.2 Å². The van der Waals surface area contributed by atoms with E-state index in [-0.39, 0.29) is 5.91 Å². The molecule has 0 aliphatic heterocycles. The lowest BCUT2D eigenvalue weighted by Crippen LogP contribution is -2.17. The van der Waals surface area contributed by atoms with Crippen molar-refractivity contribution in [2.24, 2.45) is 17.3 Å². The summed E-state index contributed by atoms with van der Waals surface area (Å²) in [4.78, 5) is 27.6. The summed E-state index contributed by atoms with van der Waals surface area (Å²) in [5, 5.41) is 12.8. The number of nitrogens with zero attached hydrogens (tertiary/aromatic N) is 1. The van der Waals surface area contributed by atoms with Gasteiger partial charge in [0, 0.05) is 5.39 Å². The van der Waals surface area contributed by atoms with Crippen molar-refractivity contribution in [1.82, 2.24) is 4.98 Å². The van der Waals surface area contributed by atoms with Gasteiger partial charge in [-0.3, -0.25) is 14.6 Å². The molecule has 1 heterocycles. The molecule has 0 spiro atoms. The van der Waals surface area contributed by atoms with E-state index in [1.54, 1.807) is 20.0 Å². The molecule has 3 rings (SSSR count). The fourth-order valence-corrected chi connectivity index (χ4v) is 2.95. The summed E-state index contributed by atoms with van der Waals surface area (Å²) in [6.07, 6.45) is 1.59. The number of hydrogen-bond donors (Lipinski definition) is 2. The minimum atomic E-state index is -0.920. The average molecular weight is 284 g/mol. The average Bonchev–Trinajstić information content (AvgIpc) is 3.02. The van der Waals surface area contributed by atoms with E-state index < -0.39 is 23.2 Å². The first-order chi connectivity index (χ1) is 9.91. The maximum atomic E-state index is 12.2. The van der Waals surface area contributed by atoms with Crippen LogP contribution in [0.1, 0.15) is 13.8 Å². The number of carboxylic acids is 1. The lowest BCUT2D eigenvalue weighted by molar-refractivity contribution is -0.140. The lowest BCUT2D eigenvalue weighted by Gasteiger charge is -2.06. The molecule has 5 nitrogen and oxygen atoms in total. The number of benzene rings is 1. The summed E-state index contributed by atoms with van der Waals surface area (Å²) >= 11 is 0. The predicted octanol–water partition coefficient (Wildman–Crippen LogP) is 2.53. The highest BCUT2D eigenvalue weighted by atomic mass is 16.4.